The molecule has 3 nitrogen and oxygen atoms in total. The molecule has 0 bridgehead atoms. The van der Waals surface area contributed by atoms with Crippen LogP contribution in [-0.4, -0.2) is 29.9 Å². The fourth-order valence-corrected chi connectivity index (χ4v) is 17.4. The van der Waals surface area contributed by atoms with Crippen molar-refractivity contribution in [2.75, 3.05) is 14.7 Å². The van der Waals surface area contributed by atoms with Crippen LogP contribution in [-0.2, 0) is 21.7 Å². The molecule has 13 rings (SSSR count). The molecule has 5 heterocycles. The van der Waals surface area contributed by atoms with Crippen molar-refractivity contribution < 1.29 is 0 Å². The van der Waals surface area contributed by atoms with Crippen LogP contribution in [0.3, 0.4) is 0 Å². The lowest BCUT2D eigenvalue weighted by atomic mass is 9.27. The Labute approximate surface area is 400 Å². The summed E-state index contributed by atoms with van der Waals surface area (Å²) >= 11 is 1.97. The van der Waals surface area contributed by atoms with E-state index in [-0.39, 0.29) is 32.7 Å². The van der Waals surface area contributed by atoms with E-state index in [2.05, 4.69) is 176 Å². The van der Waals surface area contributed by atoms with Crippen molar-refractivity contribution in [3.05, 3.63) is 113 Å². The molecule has 0 amide bonds. The van der Waals surface area contributed by atoms with Gasteiger partial charge in [-0.3, -0.25) is 0 Å². The fourth-order valence-electron chi connectivity index (χ4n) is 16.3. The Morgan fingerprint density at radius 1 is 0.621 bits per heavy atom. The molecule has 6 aromatic rings. The van der Waals surface area contributed by atoms with E-state index in [0.717, 1.165) is 6.42 Å². The third kappa shape index (κ3) is 5.23. The normalized spacial score (nSPS) is 30.9. The molecular weight excluding hydrogens is 818 g/mol. The highest BCUT2D eigenvalue weighted by atomic mass is 32.1. The summed E-state index contributed by atoms with van der Waals surface area (Å²) in [6.45, 7) is 28.0. The Bertz CT molecular complexity index is 3040. The van der Waals surface area contributed by atoms with Gasteiger partial charge in [0.15, 0.2) is 0 Å². The minimum Gasteiger partial charge on any atom is -0.362 e. The monoisotopic (exact) mass is 890 g/mol. The summed E-state index contributed by atoms with van der Waals surface area (Å²) < 4.78 is 2.80. The Morgan fingerprint density at radius 3 is 2.05 bits per heavy atom. The largest absolute Gasteiger partial charge is 0.362 e. The molecule has 340 valence electrons. The van der Waals surface area contributed by atoms with Crippen LogP contribution in [0.1, 0.15) is 168 Å². The smallest absolute Gasteiger partial charge is 0.222 e. The van der Waals surface area contributed by atoms with Gasteiger partial charge in [-0.15, -0.1) is 11.3 Å². The molecular formula is C61H72BN3S. The van der Waals surface area contributed by atoms with Crippen LogP contribution in [0, 0.1) is 6.92 Å². The van der Waals surface area contributed by atoms with Gasteiger partial charge in [0.25, 0.3) is 0 Å². The average molecular weight is 890 g/mol. The van der Waals surface area contributed by atoms with Crippen LogP contribution >= 0.6 is 11.3 Å². The molecule has 5 aromatic carbocycles. The van der Waals surface area contributed by atoms with Gasteiger partial charge >= 0.3 is 0 Å². The first-order valence-electron chi connectivity index (χ1n) is 26.1. The minimum atomic E-state index is 0.0202. The molecule has 4 aliphatic heterocycles. The van der Waals surface area contributed by atoms with Crippen molar-refractivity contribution in [1.82, 2.24) is 0 Å². The minimum absolute atomic E-state index is 0.0202. The zero-order valence-corrected chi connectivity index (χ0v) is 42.7. The van der Waals surface area contributed by atoms with Crippen LogP contribution in [0.25, 0.3) is 20.2 Å². The topological polar surface area (TPSA) is 9.72 Å². The second kappa shape index (κ2) is 13.5. The summed E-state index contributed by atoms with van der Waals surface area (Å²) in [6.07, 6.45) is 13.9. The van der Waals surface area contributed by atoms with Crippen molar-refractivity contribution >= 4 is 77.6 Å². The van der Waals surface area contributed by atoms with Gasteiger partial charge in [-0.2, -0.15) is 0 Å². The molecule has 3 saturated carbocycles. The fraction of sp³-hybridized carbons (Fsp3) is 0.508. The van der Waals surface area contributed by atoms with Crippen LogP contribution in [0.4, 0.5) is 28.4 Å². The van der Waals surface area contributed by atoms with E-state index in [0.29, 0.717) is 24.6 Å². The summed E-state index contributed by atoms with van der Waals surface area (Å²) in [5.41, 5.74) is 19.0. The van der Waals surface area contributed by atoms with Crippen LogP contribution < -0.4 is 25.6 Å². The summed E-state index contributed by atoms with van der Waals surface area (Å²) in [5, 5.41) is 2.85. The molecule has 0 spiro atoms. The number of aryl methyl sites for hydroxylation is 1. The van der Waals surface area contributed by atoms with Gasteiger partial charge in [0.2, 0.25) is 6.71 Å². The van der Waals surface area contributed by atoms with Gasteiger partial charge in [0.1, 0.15) is 0 Å². The van der Waals surface area contributed by atoms with E-state index in [1.165, 1.54) is 118 Å². The number of anilines is 5. The van der Waals surface area contributed by atoms with Crippen LogP contribution in [0.5, 0.6) is 0 Å². The van der Waals surface area contributed by atoms with Gasteiger partial charge in [0.05, 0.1) is 11.2 Å². The van der Waals surface area contributed by atoms with Gasteiger partial charge in [-0.05, 0) is 151 Å². The van der Waals surface area contributed by atoms with E-state index >= 15 is 0 Å². The van der Waals surface area contributed by atoms with Gasteiger partial charge in [-0.1, -0.05) is 136 Å². The van der Waals surface area contributed by atoms with Crippen LogP contribution in [0.15, 0.2) is 84.9 Å². The number of benzene rings is 5. The number of rotatable bonds is 2. The predicted octanol–water partition coefficient (Wildman–Crippen LogP) is 15.2. The van der Waals surface area contributed by atoms with E-state index in [1.54, 1.807) is 33.4 Å². The van der Waals surface area contributed by atoms with Crippen LogP contribution in [0.2, 0.25) is 5.82 Å². The molecule has 0 N–H and O–H groups in total. The van der Waals surface area contributed by atoms with Gasteiger partial charge in [0, 0.05) is 71.4 Å². The molecule has 5 heteroatoms. The lowest BCUT2D eigenvalue weighted by molar-refractivity contribution is 0.163. The molecule has 0 radical (unpaired) electrons. The zero-order chi connectivity index (χ0) is 45.7. The number of nitrogens with zero attached hydrogens (tertiary/aromatic N) is 3. The third-order valence-corrected chi connectivity index (χ3v) is 21.3. The molecule has 66 heavy (non-hydrogen) atoms. The molecule has 3 aliphatic carbocycles. The van der Waals surface area contributed by atoms with E-state index in [4.69, 9.17) is 0 Å². The molecule has 7 atom stereocenters. The Hall–Kier alpha value is -4.22. The first-order valence-corrected chi connectivity index (χ1v) is 27.0. The SMILES string of the molecule is Cc1cc2c3c(c1)N1c4c(cc(C(C)(C)C)cc4C4(C)CCCCC14C)B3C1CCC(N3c4ccc(C(C)(C)C)cc4C4(C)CCCCC34C)CC1N2c1cccc2sc3ccccc3c12. The molecule has 3 fully saturated rings. The summed E-state index contributed by atoms with van der Waals surface area (Å²) in [5.74, 6) is 0.482. The molecule has 0 saturated heterocycles. The van der Waals surface area contributed by atoms with Crippen molar-refractivity contribution in [1.29, 1.82) is 0 Å². The Kier molecular flexibility index (Phi) is 8.59. The summed E-state index contributed by atoms with van der Waals surface area (Å²) in [4.78, 5) is 9.03. The lowest BCUT2D eigenvalue weighted by Crippen LogP contribution is -2.67. The average Bonchev–Trinajstić information content (AvgIpc) is 3.83. The van der Waals surface area contributed by atoms with E-state index in [1.807, 2.05) is 11.3 Å². The highest BCUT2D eigenvalue weighted by Gasteiger charge is 2.64. The molecule has 7 aliphatic rings. The van der Waals surface area contributed by atoms with Gasteiger partial charge in [-0.25, -0.2) is 0 Å². The molecule has 1 aromatic heterocycles. The lowest BCUT2D eigenvalue weighted by Gasteiger charge is -2.58. The number of hydrogen-bond acceptors (Lipinski definition) is 4. The third-order valence-electron chi connectivity index (χ3n) is 20.2. The predicted molar refractivity (Wildman–Crippen MR) is 286 cm³/mol. The number of hydrogen-bond donors (Lipinski definition) is 0. The maximum atomic E-state index is 3.08. The van der Waals surface area contributed by atoms with Crippen molar-refractivity contribution in [3.8, 4) is 0 Å². The first-order chi connectivity index (χ1) is 31.4. The maximum Gasteiger partial charge on any atom is 0.222 e. The van der Waals surface area contributed by atoms with Crippen molar-refractivity contribution in [2.45, 2.75) is 197 Å². The Morgan fingerprint density at radius 2 is 1.29 bits per heavy atom. The zero-order valence-electron chi connectivity index (χ0n) is 41.9. The van der Waals surface area contributed by atoms with Crippen molar-refractivity contribution in [3.63, 3.8) is 0 Å². The summed E-state index contributed by atoms with van der Waals surface area (Å²) in [7, 11) is 0. The quantitative estimate of drug-likeness (QED) is 0.160. The first kappa shape index (κ1) is 41.9. The number of fused-ring (bicyclic) bond motifs is 13. The van der Waals surface area contributed by atoms with E-state index in [9.17, 15) is 0 Å². The summed E-state index contributed by atoms with van der Waals surface area (Å²) in [6, 6.07) is 35.8. The molecule has 7 unspecified atom stereocenters. The second-order valence-corrected chi connectivity index (χ2v) is 26.6. The highest BCUT2D eigenvalue weighted by molar-refractivity contribution is 7.26. The van der Waals surface area contributed by atoms with Gasteiger partial charge < -0.3 is 14.7 Å². The Balaban J connectivity index is 1.07. The number of thiophene rings is 1. The standard InChI is InChI=1S/C61H72BN3S/c1-37-31-49-54-50(32-37)65-55-43(59(9)28-15-17-30-61(59,65)11)34-39(57(5,6)7)35-45(55)62(54)44-25-24-40(36-48(44)63(49)47-20-18-22-52-53(47)41-19-12-13-21-51(41)66-52)64-46-26-23-38(56(2,3)4)33-42(46)58(8)27-14-16-29-60(58,64)10/h12-13,18-23,26,31-35,40,44,48H,14-17,24-25,27-30,36H2,1-11H3. The van der Waals surface area contributed by atoms with Crippen molar-refractivity contribution in [2.24, 2.45) is 0 Å². The highest BCUT2D eigenvalue weighted by Crippen LogP contribution is 2.65. The second-order valence-electron chi connectivity index (χ2n) is 25.5. The maximum absolute atomic E-state index is 3.08. The van der Waals surface area contributed by atoms with E-state index < -0.39 is 0 Å².